The first kappa shape index (κ1) is 104. The van der Waals surface area contributed by atoms with Gasteiger partial charge in [-0.05, 0) is 127 Å². The van der Waals surface area contributed by atoms with Gasteiger partial charge in [0, 0.05) is 72.6 Å². The molecular formula is C95H126FN13O26. The van der Waals surface area contributed by atoms with Crippen LogP contribution in [-0.2, 0) is 127 Å². The number of halogens is 1. The molecule has 2 aliphatic heterocycles. The molecule has 4 aromatic carbocycles. The fourth-order valence-corrected chi connectivity index (χ4v) is 16.0. The number of benzene rings is 4. The Labute approximate surface area is 782 Å². The quantitative estimate of drug-likeness (QED) is 0.0108. The van der Waals surface area contributed by atoms with Gasteiger partial charge in [0.25, 0.3) is 5.56 Å². The Morgan fingerprint density at radius 2 is 1.15 bits per heavy atom. The summed E-state index contributed by atoms with van der Waals surface area (Å²) < 4.78 is 102. The van der Waals surface area contributed by atoms with Gasteiger partial charge in [-0.25, -0.2) is 38.3 Å². The van der Waals surface area contributed by atoms with E-state index in [-0.39, 0.29) is 114 Å². The number of cyclic esters (lactones) is 1. The number of urea groups is 1. The highest BCUT2D eigenvalue weighted by Gasteiger charge is 2.46. The summed E-state index contributed by atoms with van der Waals surface area (Å²) in [5, 5.41) is 34.4. The smallest absolute Gasteiger partial charge is 0.407 e. The van der Waals surface area contributed by atoms with E-state index in [2.05, 4.69) is 47.5 Å². The third-order valence-electron chi connectivity index (χ3n) is 23.1. The molecule has 11 rings (SSSR count). The van der Waals surface area contributed by atoms with E-state index in [1.54, 1.807) is 64.2 Å². The number of alkyl carbamates (subject to hydrolysis) is 2. The predicted molar refractivity (Wildman–Crippen MR) is 489 cm³/mol. The number of ether oxygens (including phenoxy) is 15. The number of aliphatic hydroxyl groups is 1. The first-order valence-electron chi connectivity index (χ1n) is 46.0. The van der Waals surface area contributed by atoms with Crippen LogP contribution in [0.3, 0.4) is 0 Å². The number of primary amides is 1. The highest BCUT2D eigenvalue weighted by atomic mass is 19.1. The first-order chi connectivity index (χ1) is 65.6. The van der Waals surface area contributed by atoms with Crippen LogP contribution in [0.4, 0.5) is 29.3 Å². The maximum atomic E-state index is 15.6. The van der Waals surface area contributed by atoms with Crippen LogP contribution >= 0.6 is 0 Å². The summed E-state index contributed by atoms with van der Waals surface area (Å²) in [5.41, 5.74) is 11.2. The standard InChI is InChI=1S/C95H126FN13O26/c1-5-95(120)74-55-80-85-71(57-109(80)89(114)73(74)60-133-90(95)115)83-76(24-23-66-63(4)75(96)56-79(103-85)82(66)83)105-93(118)134-58-64-19-21-65(22-20-64)102-86(111)77(18-12-27-100-91(97)116)104-88(113)84(62(2)3)107-87(112)78(106-94(119)135-59-72-69-15-8-6-13-67(69)68-14-7-9-16-70(68)72)17-10-11-26-99-81(110)25-31-121-33-35-123-37-39-125-41-43-127-45-47-129-49-51-131-53-54-132-52-50-130-48-46-128-44-42-126-40-38-124-36-34-122-32-29-101-92(117)108-30-28-98-61-108/h6-9,13-16,19-22,28,30,55-56,61-62,72,76-78,84,120H,5,10-12,17-18,23-27,29,31-54,57-60H2,1-4H3,(H,99,110)(H,101,117)(H,102,111)(H,104,113)(H,105,118)(H,106,119)(H,107,112)(H3,97,100,116)/t76-,77-,78-,84-,95-/m0/s1. The molecule has 734 valence electrons. The number of nitrogens with zero attached hydrogens (tertiary/aromatic N) is 4. The summed E-state index contributed by atoms with van der Waals surface area (Å²) in [7, 11) is 0. The lowest BCUT2D eigenvalue weighted by atomic mass is 9.81. The molecule has 0 bridgehead atoms. The summed E-state index contributed by atoms with van der Waals surface area (Å²) >= 11 is 0. The van der Waals surface area contributed by atoms with Crippen molar-refractivity contribution in [2.75, 3.05) is 190 Å². The van der Waals surface area contributed by atoms with E-state index in [9.17, 15) is 53.1 Å². The van der Waals surface area contributed by atoms with Crippen molar-refractivity contribution in [3.63, 3.8) is 0 Å². The van der Waals surface area contributed by atoms with E-state index in [1.165, 1.54) is 27.7 Å². The van der Waals surface area contributed by atoms with E-state index >= 15 is 4.39 Å². The molecule has 5 atom stereocenters. The van der Waals surface area contributed by atoms with Crippen molar-refractivity contribution < 1.29 is 124 Å². The van der Waals surface area contributed by atoms with Crippen LogP contribution in [0.25, 0.3) is 33.4 Å². The molecule has 0 saturated carbocycles. The van der Waals surface area contributed by atoms with Gasteiger partial charge in [0.15, 0.2) is 5.60 Å². The fourth-order valence-electron chi connectivity index (χ4n) is 16.0. The molecule has 0 unspecified atom stereocenters. The number of carbonyl (C=O) groups excluding carboxylic acids is 9. The number of fused-ring (bicyclic) bond motifs is 8. The van der Waals surface area contributed by atoms with Gasteiger partial charge >= 0.3 is 30.2 Å². The normalized spacial score (nSPS) is 15.1. The molecule has 0 fully saturated rings. The second-order valence-corrected chi connectivity index (χ2v) is 32.7. The molecule has 0 saturated heterocycles. The molecule has 7 aromatic rings. The number of hydrogen-bond donors (Lipinski definition) is 10. The van der Waals surface area contributed by atoms with E-state index in [0.717, 1.165) is 22.3 Å². The van der Waals surface area contributed by atoms with Gasteiger partial charge in [-0.15, -0.1) is 0 Å². The van der Waals surface area contributed by atoms with Gasteiger partial charge in [-0.3, -0.25) is 28.5 Å². The molecule has 4 aliphatic rings. The van der Waals surface area contributed by atoms with Gasteiger partial charge in [0.2, 0.25) is 23.6 Å². The second-order valence-electron chi connectivity index (χ2n) is 32.7. The zero-order valence-electron chi connectivity index (χ0n) is 77.0. The molecule has 3 aromatic heterocycles. The van der Waals surface area contributed by atoms with Crippen molar-refractivity contribution in [1.82, 2.24) is 56.3 Å². The number of unbranched alkanes of at least 4 members (excludes halogenated alkanes) is 1. The lowest BCUT2D eigenvalue weighted by Gasteiger charge is -2.31. The Bertz CT molecular complexity index is 5060. The van der Waals surface area contributed by atoms with Gasteiger partial charge in [-0.2, -0.15) is 0 Å². The molecule has 2 aliphatic carbocycles. The number of esters is 1. The lowest BCUT2D eigenvalue weighted by molar-refractivity contribution is -0.172. The Hall–Kier alpha value is -11.5. The van der Waals surface area contributed by atoms with Crippen molar-refractivity contribution in [3.05, 3.63) is 170 Å². The molecule has 11 N–H and O–H groups in total. The van der Waals surface area contributed by atoms with Crippen LogP contribution in [0.2, 0.25) is 0 Å². The predicted octanol–water partition coefficient (Wildman–Crippen LogP) is 6.69. The highest BCUT2D eigenvalue weighted by molar-refractivity contribution is 5.99. The minimum absolute atomic E-state index is 0.000276. The third-order valence-corrected chi connectivity index (χ3v) is 23.1. The minimum atomic E-state index is -2.08. The number of hydrogen-bond acceptors (Lipinski definition) is 28. The maximum Gasteiger partial charge on any atom is 0.407 e. The van der Waals surface area contributed by atoms with Crippen LogP contribution < -0.4 is 53.8 Å². The van der Waals surface area contributed by atoms with Crippen LogP contribution in [-0.4, -0.2) is 281 Å². The van der Waals surface area contributed by atoms with Crippen molar-refractivity contribution in [2.45, 2.75) is 141 Å². The van der Waals surface area contributed by atoms with Gasteiger partial charge in [0.1, 0.15) is 50.1 Å². The Morgan fingerprint density at radius 1 is 0.600 bits per heavy atom. The first-order valence-corrected chi connectivity index (χ1v) is 46.0. The highest BCUT2D eigenvalue weighted by Crippen LogP contribution is 2.47. The summed E-state index contributed by atoms with van der Waals surface area (Å²) in [6.45, 7) is 16.2. The fraction of sp³-hybridized carbons (Fsp3) is 0.537. The molecule has 39 nitrogen and oxygen atoms in total. The number of aryl methyl sites for hydroxylation is 1. The maximum absolute atomic E-state index is 15.6. The third kappa shape index (κ3) is 31.0. The Morgan fingerprint density at radius 3 is 1.70 bits per heavy atom. The number of nitrogens with one attached hydrogen (secondary N) is 8. The molecule has 0 radical (unpaired) electrons. The van der Waals surface area contributed by atoms with E-state index in [0.29, 0.717) is 233 Å². The topological polar surface area (TPSA) is 487 Å². The van der Waals surface area contributed by atoms with Crippen molar-refractivity contribution >= 4 is 70.4 Å². The number of rotatable bonds is 62. The van der Waals surface area contributed by atoms with Crippen molar-refractivity contribution in [1.29, 1.82) is 0 Å². The summed E-state index contributed by atoms with van der Waals surface area (Å²) in [4.78, 5) is 143. The average Bonchev–Trinajstić information content (AvgIpc) is 1.58. The molecule has 135 heavy (non-hydrogen) atoms. The number of amides is 9. The number of anilines is 1. The molecule has 0 spiro atoms. The molecule has 5 heterocycles. The zero-order chi connectivity index (χ0) is 95.7. The summed E-state index contributed by atoms with van der Waals surface area (Å²) in [6.07, 6.45) is 4.58. The number of imidazole rings is 1. The number of carbonyl (C=O) groups is 9. The monoisotopic (exact) mass is 1880 g/mol. The lowest BCUT2D eigenvalue weighted by Crippen LogP contribution is -2.57. The van der Waals surface area contributed by atoms with Gasteiger partial charge in [-0.1, -0.05) is 81.4 Å². The average molecular weight is 1890 g/mol. The zero-order valence-corrected chi connectivity index (χ0v) is 77.0. The number of aromatic nitrogens is 4. The van der Waals surface area contributed by atoms with Crippen LogP contribution in [0.1, 0.15) is 134 Å². The summed E-state index contributed by atoms with van der Waals surface area (Å²) in [6, 6.07) is 19.5. The minimum Gasteiger partial charge on any atom is -0.458 e. The Balaban J connectivity index is 0.547. The van der Waals surface area contributed by atoms with Gasteiger partial charge < -0.3 is 129 Å². The molecule has 40 heteroatoms. The second kappa shape index (κ2) is 54.9. The van der Waals surface area contributed by atoms with Crippen LogP contribution in [0.15, 0.2) is 108 Å². The van der Waals surface area contributed by atoms with Crippen LogP contribution in [0, 0.1) is 18.7 Å². The van der Waals surface area contributed by atoms with Crippen molar-refractivity contribution in [2.24, 2.45) is 11.7 Å². The van der Waals surface area contributed by atoms with E-state index in [4.69, 9.17) is 81.8 Å². The van der Waals surface area contributed by atoms with Crippen molar-refractivity contribution in [3.8, 4) is 22.5 Å². The van der Waals surface area contributed by atoms with Gasteiger partial charge in [0.05, 0.1) is 194 Å². The van der Waals surface area contributed by atoms with Crippen LogP contribution in [0.5, 0.6) is 0 Å². The summed E-state index contributed by atoms with van der Waals surface area (Å²) in [5.74, 6) is -4.56. The van der Waals surface area contributed by atoms with E-state index in [1.807, 2.05) is 48.5 Å². The Kier molecular flexibility index (Phi) is 42.3. The van der Waals surface area contributed by atoms with E-state index < -0.39 is 89.0 Å². The SMILES string of the molecule is CC[C@@]1(O)C(=O)OCc2c1cc1n(c2=O)Cc2c-1nc1cc(F)c(C)c3c1c2[C@@H](NC(=O)OCc1ccc(NC(=O)[C@H](CCCNC(N)=O)NC(=O)[C@@H](NC(=O)[C@H](CCCCNC(=O)CCOCCOCCOCCOCCOCCOCCOCCOCCOCCOCCOCCOCCNC(=O)n2ccnc2)NC(=O)OCC2c4ccccc4-c4ccccc42)C(C)C)cc1)CC3. The number of pyridine rings is 2. The molecular weight excluding hydrogens is 1760 g/mol. The number of nitrogens with two attached hydrogens (primary N) is 1. The molecule has 9 amide bonds. The largest absolute Gasteiger partial charge is 0.458 e.